The summed E-state index contributed by atoms with van der Waals surface area (Å²) in [6.07, 6.45) is 0. The van der Waals surface area contributed by atoms with Crippen molar-refractivity contribution in [1.82, 2.24) is 9.88 Å². The number of rotatable bonds is 5. The monoisotopic (exact) mass is 329 g/mol. The number of nitrogens with one attached hydrogen (secondary N) is 1. The van der Waals surface area contributed by atoms with Crippen LogP contribution in [-0.4, -0.2) is 29.4 Å². The van der Waals surface area contributed by atoms with Crippen LogP contribution in [-0.2, 0) is 11.3 Å². The molecule has 1 amide bonds. The average molecular weight is 330 g/mol. The van der Waals surface area contributed by atoms with E-state index >= 15 is 0 Å². The zero-order valence-electron chi connectivity index (χ0n) is 11.6. The van der Waals surface area contributed by atoms with Gasteiger partial charge in [-0.1, -0.05) is 11.6 Å². The Kier molecular flexibility index (Phi) is 5.15. The summed E-state index contributed by atoms with van der Waals surface area (Å²) in [5.74, 6) is -0.0519. The molecule has 0 aliphatic rings. The number of hydrogen-bond donors (Lipinski definition) is 1. The van der Waals surface area contributed by atoms with Gasteiger partial charge in [0, 0.05) is 16.3 Å². The van der Waals surface area contributed by atoms with Crippen LogP contribution in [0.5, 0.6) is 0 Å². The number of nitrogens with zero attached hydrogens (tertiary/aromatic N) is 2. The smallest absolute Gasteiger partial charge is 0.240 e. The molecule has 2 rings (SSSR count). The first-order valence-corrected chi connectivity index (χ1v) is 8.12. The minimum Gasteiger partial charge on any atom is -0.301 e. The highest BCUT2D eigenvalue weighted by Gasteiger charge is 2.11. The Bertz CT molecular complexity index is 589. The molecular formula is C13H16ClN3OS2. The van der Waals surface area contributed by atoms with Crippen molar-refractivity contribution < 1.29 is 4.79 Å². The Hall–Kier alpha value is -0.950. The molecule has 0 aromatic carbocycles. The fraction of sp³-hybridized carbons (Fsp3) is 0.385. The minimum atomic E-state index is -0.0519. The van der Waals surface area contributed by atoms with Gasteiger partial charge < -0.3 is 5.32 Å². The molecular weight excluding hydrogens is 314 g/mol. The maximum absolute atomic E-state index is 11.9. The number of aryl methyl sites for hydroxylation is 2. The first-order chi connectivity index (χ1) is 9.44. The van der Waals surface area contributed by atoms with Crippen LogP contribution in [0.1, 0.15) is 15.4 Å². The quantitative estimate of drug-likeness (QED) is 0.912. The van der Waals surface area contributed by atoms with Gasteiger partial charge >= 0.3 is 0 Å². The first-order valence-electron chi connectivity index (χ1n) is 6.10. The molecule has 20 heavy (non-hydrogen) atoms. The van der Waals surface area contributed by atoms with Crippen molar-refractivity contribution in [2.75, 3.05) is 18.9 Å². The number of anilines is 1. The fourth-order valence-electron chi connectivity index (χ4n) is 1.69. The maximum atomic E-state index is 11.9. The zero-order chi connectivity index (χ0) is 14.7. The lowest BCUT2D eigenvalue weighted by Crippen LogP contribution is -2.29. The Morgan fingerprint density at radius 2 is 2.15 bits per heavy atom. The highest BCUT2D eigenvalue weighted by atomic mass is 35.5. The molecule has 2 heterocycles. The molecule has 0 bridgehead atoms. The van der Waals surface area contributed by atoms with Gasteiger partial charge in [-0.2, -0.15) is 0 Å². The van der Waals surface area contributed by atoms with Gasteiger partial charge in [0.05, 0.1) is 16.6 Å². The number of amides is 1. The van der Waals surface area contributed by atoms with Gasteiger partial charge in [-0.05, 0) is 33.0 Å². The van der Waals surface area contributed by atoms with Gasteiger partial charge in [-0.3, -0.25) is 9.69 Å². The van der Waals surface area contributed by atoms with E-state index in [0.29, 0.717) is 18.2 Å². The van der Waals surface area contributed by atoms with Crippen LogP contribution < -0.4 is 5.32 Å². The number of aromatic nitrogens is 1. The van der Waals surface area contributed by atoms with Crippen molar-refractivity contribution in [3.05, 3.63) is 31.9 Å². The molecule has 0 fully saturated rings. The molecule has 0 atom stereocenters. The lowest BCUT2D eigenvalue weighted by atomic mass is 10.4. The summed E-state index contributed by atoms with van der Waals surface area (Å²) in [6.45, 7) is 4.97. The molecule has 0 saturated heterocycles. The molecule has 0 aliphatic heterocycles. The molecule has 0 spiro atoms. The zero-order valence-corrected chi connectivity index (χ0v) is 14.0. The summed E-state index contributed by atoms with van der Waals surface area (Å²) in [5.41, 5.74) is 0.965. The highest BCUT2D eigenvalue weighted by Crippen LogP contribution is 2.23. The summed E-state index contributed by atoms with van der Waals surface area (Å²) in [6, 6.07) is 3.85. The lowest BCUT2D eigenvalue weighted by Gasteiger charge is -2.14. The molecule has 0 saturated carbocycles. The van der Waals surface area contributed by atoms with E-state index in [-0.39, 0.29) is 5.91 Å². The van der Waals surface area contributed by atoms with Gasteiger partial charge in [0.25, 0.3) is 0 Å². The third-order valence-corrected chi connectivity index (χ3v) is 4.95. The van der Waals surface area contributed by atoms with E-state index in [1.807, 2.05) is 37.9 Å². The Morgan fingerprint density at radius 1 is 1.40 bits per heavy atom. The topological polar surface area (TPSA) is 45.2 Å². The number of likely N-dealkylation sites (N-methyl/N-ethyl adjacent to an activating group) is 1. The SMILES string of the molecule is Cc1nc(NC(=O)CN(C)Cc2ccc(Cl)s2)sc1C. The molecule has 1 N–H and O–H groups in total. The first kappa shape index (κ1) is 15.4. The molecule has 4 nitrogen and oxygen atoms in total. The summed E-state index contributed by atoms with van der Waals surface area (Å²) >= 11 is 8.92. The van der Waals surface area contributed by atoms with E-state index < -0.39 is 0 Å². The summed E-state index contributed by atoms with van der Waals surface area (Å²) < 4.78 is 0.770. The van der Waals surface area contributed by atoms with Crippen molar-refractivity contribution in [2.45, 2.75) is 20.4 Å². The van der Waals surface area contributed by atoms with E-state index in [1.54, 1.807) is 0 Å². The number of halogens is 1. The van der Waals surface area contributed by atoms with Gasteiger partial charge in [0.1, 0.15) is 0 Å². The highest BCUT2D eigenvalue weighted by molar-refractivity contribution is 7.16. The summed E-state index contributed by atoms with van der Waals surface area (Å²) in [5, 5.41) is 3.49. The second-order valence-corrected chi connectivity index (χ2v) is 7.59. The molecule has 2 aromatic rings. The molecule has 0 aliphatic carbocycles. The predicted octanol–water partition coefficient (Wildman–Crippen LogP) is 3.55. The summed E-state index contributed by atoms with van der Waals surface area (Å²) in [7, 11) is 1.91. The molecule has 0 unspecified atom stereocenters. The van der Waals surface area contributed by atoms with Crippen molar-refractivity contribution in [3.8, 4) is 0 Å². The lowest BCUT2D eigenvalue weighted by molar-refractivity contribution is -0.117. The summed E-state index contributed by atoms with van der Waals surface area (Å²) in [4.78, 5) is 20.4. The van der Waals surface area contributed by atoms with Crippen molar-refractivity contribution in [2.24, 2.45) is 0 Å². The van der Waals surface area contributed by atoms with Crippen LogP contribution in [0.4, 0.5) is 5.13 Å². The van der Waals surface area contributed by atoms with Gasteiger partial charge in [-0.25, -0.2) is 4.98 Å². The van der Waals surface area contributed by atoms with Gasteiger partial charge in [-0.15, -0.1) is 22.7 Å². The maximum Gasteiger partial charge on any atom is 0.240 e. The Labute approximate surface area is 131 Å². The standard InChI is InChI=1S/C13H16ClN3OS2/c1-8-9(2)19-13(15-8)16-12(18)7-17(3)6-10-4-5-11(14)20-10/h4-5H,6-7H2,1-3H3,(H,15,16,18). The largest absolute Gasteiger partial charge is 0.301 e. The second kappa shape index (κ2) is 6.67. The number of thiazole rings is 1. The van der Waals surface area contributed by atoms with Crippen molar-refractivity contribution in [1.29, 1.82) is 0 Å². The van der Waals surface area contributed by atoms with Crippen LogP contribution in [0.3, 0.4) is 0 Å². The molecule has 7 heteroatoms. The third-order valence-electron chi connectivity index (χ3n) is 2.74. The van der Waals surface area contributed by atoms with Gasteiger partial charge in [0.15, 0.2) is 5.13 Å². The normalized spacial score (nSPS) is 11.1. The van der Waals surface area contributed by atoms with Crippen LogP contribution in [0.15, 0.2) is 12.1 Å². The third kappa shape index (κ3) is 4.28. The van der Waals surface area contributed by atoms with Crippen LogP contribution >= 0.6 is 34.3 Å². The van der Waals surface area contributed by atoms with Crippen molar-refractivity contribution >= 4 is 45.3 Å². The molecule has 2 aromatic heterocycles. The fourth-order valence-corrected chi connectivity index (χ4v) is 3.69. The molecule has 108 valence electrons. The second-order valence-electron chi connectivity index (χ2n) is 4.59. The average Bonchev–Trinajstić information content (AvgIpc) is 2.86. The van der Waals surface area contributed by atoms with E-state index in [1.165, 1.54) is 22.7 Å². The number of hydrogen-bond acceptors (Lipinski definition) is 5. The number of thiophene rings is 1. The van der Waals surface area contributed by atoms with Crippen molar-refractivity contribution in [3.63, 3.8) is 0 Å². The van der Waals surface area contributed by atoms with Crippen LogP contribution in [0.2, 0.25) is 4.34 Å². The Balaban J connectivity index is 1.84. The van der Waals surface area contributed by atoms with E-state index in [4.69, 9.17) is 11.6 Å². The van der Waals surface area contributed by atoms with Crippen LogP contribution in [0, 0.1) is 13.8 Å². The van der Waals surface area contributed by atoms with Crippen LogP contribution in [0.25, 0.3) is 0 Å². The number of carbonyl (C=O) groups excluding carboxylic acids is 1. The predicted molar refractivity (Wildman–Crippen MR) is 85.9 cm³/mol. The minimum absolute atomic E-state index is 0.0519. The van der Waals surface area contributed by atoms with E-state index in [9.17, 15) is 4.79 Å². The van der Waals surface area contributed by atoms with E-state index in [0.717, 1.165) is 19.8 Å². The van der Waals surface area contributed by atoms with Gasteiger partial charge in [0.2, 0.25) is 5.91 Å². The Morgan fingerprint density at radius 3 is 2.70 bits per heavy atom. The number of carbonyl (C=O) groups is 1. The molecule has 0 radical (unpaired) electrons. The van der Waals surface area contributed by atoms with E-state index in [2.05, 4.69) is 10.3 Å².